The lowest BCUT2D eigenvalue weighted by Gasteiger charge is -2.12. The van der Waals surface area contributed by atoms with Crippen molar-refractivity contribution in [2.75, 3.05) is 19.8 Å². The maximum Gasteiger partial charge on any atom is 0.257 e. The summed E-state index contributed by atoms with van der Waals surface area (Å²) < 4.78 is 13.9. The quantitative estimate of drug-likeness (QED) is 0.226. The van der Waals surface area contributed by atoms with Crippen LogP contribution >= 0.6 is 11.6 Å². The third kappa shape index (κ3) is 7.26. The minimum atomic E-state index is -0.121. The molecular formula is C30H34ClN3O3. The molecule has 0 aliphatic heterocycles. The third-order valence-electron chi connectivity index (χ3n) is 6.26. The highest BCUT2D eigenvalue weighted by Gasteiger charge is 2.11. The van der Waals surface area contributed by atoms with Crippen LogP contribution in [-0.4, -0.2) is 35.2 Å². The number of benzene rings is 3. The van der Waals surface area contributed by atoms with Crippen molar-refractivity contribution in [2.45, 2.75) is 46.6 Å². The van der Waals surface area contributed by atoms with Crippen LogP contribution < -0.4 is 14.8 Å². The first-order valence-electron chi connectivity index (χ1n) is 12.7. The van der Waals surface area contributed by atoms with Crippen molar-refractivity contribution in [3.63, 3.8) is 0 Å². The van der Waals surface area contributed by atoms with Gasteiger partial charge in [-0.15, -0.1) is 0 Å². The first kappa shape index (κ1) is 26.6. The predicted molar refractivity (Wildman–Crippen MR) is 149 cm³/mol. The molecule has 194 valence electrons. The van der Waals surface area contributed by atoms with Crippen molar-refractivity contribution in [1.82, 2.24) is 14.9 Å². The van der Waals surface area contributed by atoms with Gasteiger partial charge in [0.2, 0.25) is 0 Å². The summed E-state index contributed by atoms with van der Waals surface area (Å²) in [4.78, 5) is 17.1. The molecule has 0 atom stereocenters. The van der Waals surface area contributed by atoms with Gasteiger partial charge in [0.1, 0.15) is 17.3 Å². The molecule has 7 heteroatoms. The minimum absolute atomic E-state index is 0.00987. The Labute approximate surface area is 223 Å². The molecule has 4 rings (SSSR count). The van der Waals surface area contributed by atoms with E-state index < -0.39 is 0 Å². The van der Waals surface area contributed by atoms with E-state index in [1.54, 1.807) is 0 Å². The first-order chi connectivity index (χ1) is 17.9. The van der Waals surface area contributed by atoms with Crippen molar-refractivity contribution in [3.8, 4) is 11.5 Å². The molecule has 3 aromatic carbocycles. The Morgan fingerprint density at radius 3 is 2.65 bits per heavy atom. The van der Waals surface area contributed by atoms with Crippen molar-refractivity contribution in [1.29, 1.82) is 0 Å². The van der Waals surface area contributed by atoms with E-state index >= 15 is 0 Å². The number of ether oxygens (including phenoxy) is 2. The zero-order chi connectivity index (χ0) is 26.2. The molecule has 0 aliphatic carbocycles. The SMILES string of the molecule is Cc1ccc(C)c(OCC(=O)NCCCc2nc3ccccc3n2CCCOc2ccc(Cl)c(C)c2)c1. The van der Waals surface area contributed by atoms with E-state index in [4.69, 9.17) is 26.1 Å². The molecule has 0 fully saturated rings. The standard InChI is InChI=1S/C30H34ClN3O3/c1-21-11-12-22(2)28(18-21)37-20-30(35)32-15-6-10-29-33-26-8-4-5-9-27(26)34(29)16-7-17-36-24-13-14-25(31)23(3)19-24/h4-5,8-9,11-14,18-19H,6-7,10,15-17,20H2,1-3H3,(H,32,35). The molecule has 0 aliphatic rings. The number of carbonyl (C=O) groups is 1. The largest absolute Gasteiger partial charge is 0.494 e. The summed E-state index contributed by atoms with van der Waals surface area (Å²) in [6, 6.07) is 19.9. The molecule has 37 heavy (non-hydrogen) atoms. The van der Waals surface area contributed by atoms with Crippen LogP contribution in [0.3, 0.4) is 0 Å². The van der Waals surface area contributed by atoms with Gasteiger partial charge in [0.25, 0.3) is 5.91 Å². The van der Waals surface area contributed by atoms with Gasteiger partial charge >= 0.3 is 0 Å². The highest BCUT2D eigenvalue weighted by molar-refractivity contribution is 6.31. The highest BCUT2D eigenvalue weighted by atomic mass is 35.5. The number of nitrogens with zero attached hydrogens (tertiary/aromatic N) is 2. The Morgan fingerprint density at radius 1 is 0.973 bits per heavy atom. The number of amides is 1. The van der Waals surface area contributed by atoms with Gasteiger partial charge in [-0.1, -0.05) is 35.9 Å². The van der Waals surface area contributed by atoms with Gasteiger partial charge < -0.3 is 19.4 Å². The van der Waals surface area contributed by atoms with Crippen LogP contribution in [-0.2, 0) is 17.8 Å². The van der Waals surface area contributed by atoms with Gasteiger partial charge in [0.05, 0.1) is 17.6 Å². The number of aryl methyl sites for hydroxylation is 5. The lowest BCUT2D eigenvalue weighted by Crippen LogP contribution is -2.30. The molecule has 0 saturated carbocycles. The van der Waals surface area contributed by atoms with Crippen LogP contribution in [0.5, 0.6) is 11.5 Å². The Bertz CT molecular complexity index is 1370. The average molecular weight is 520 g/mol. The molecule has 0 saturated heterocycles. The van der Waals surface area contributed by atoms with Crippen LogP contribution in [0.4, 0.5) is 0 Å². The number of halogens is 1. The molecule has 1 amide bonds. The third-order valence-corrected chi connectivity index (χ3v) is 6.68. The molecule has 0 spiro atoms. The summed E-state index contributed by atoms with van der Waals surface area (Å²) in [6.07, 6.45) is 2.41. The van der Waals surface area contributed by atoms with E-state index in [0.29, 0.717) is 13.2 Å². The predicted octanol–water partition coefficient (Wildman–Crippen LogP) is 6.21. The second-order valence-corrected chi connectivity index (χ2v) is 9.70. The number of rotatable bonds is 12. The van der Waals surface area contributed by atoms with E-state index in [9.17, 15) is 4.79 Å². The van der Waals surface area contributed by atoms with Gasteiger partial charge in [-0.05, 0) is 86.7 Å². The molecule has 6 nitrogen and oxygen atoms in total. The number of para-hydroxylation sites is 2. The summed E-state index contributed by atoms with van der Waals surface area (Å²) in [5.41, 5.74) is 5.23. The fourth-order valence-electron chi connectivity index (χ4n) is 4.22. The Morgan fingerprint density at radius 2 is 1.81 bits per heavy atom. The summed E-state index contributed by atoms with van der Waals surface area (Å²) in [6.45, 7) is 7.94. The minimum Gasteiger partial charge on any atom is -0.494 e. The first-order valence-corrected chi connectivity index (χ1v) is 13.1. The number of imidazole rings is 1. The Kier molecular flexibility index (Phi) is 9.07. The van der Waals surface area contributed by atoms with Crippen molar-refractivity contribution >= 4 is 28.5 Å². The second kappa shape index (κ2) is 12.6. The van der Waals surface area contributed by atoms with E-state index in [0.717, 1.165) is 75.9 Å². The summed E-state index contributed by atoms with van der Waals surface area (Å²) in [5.74, 6) is 2.47. The number of hydrogen-bond donors (Lipinski definition) is 1. The maximum atomic E-state index is 12.3. The molecule has 0 unspecified atom stereocenters. The van der Waals surface area contributed by atoms with Gasteiger partial charge in [-0.3, -0.25) is 4.79 Å². The molecule has 1 N–H and O–H groups in total. The van der Waals surface area contributed by atoms with Crippen LogP contribution in [0.2, 0.25) is 5.02 Å². The maximum absolute atomic E-state index is 12.3. The average Bonchev–Trinajstić information content (AvgIpc) is 3.24. The number of nitrogens with one attached hydrogen (secondary N) is 1. The summed E-state index contributed by atoms with van der Waals surface area (Å²) in [5, 5.41) is 3.70. The van der Waals surface area contributed by atoms with Crippen LogP contribution in [0.15, 0.2) is 60.7 Å². The number of hydrogen-bond acceptors (Lipinski definition) is 4. The molecule has 1 heterocycles. The summed E-state index contributed by atoms with van der Waals surface area (Å²) in [7, 11) is 0. The molecule has 1 aromatic heterocycles. The molecule has 0 radical (unpaired) electrons. The van der Waals surface area contributed by atoms with Gasteiger partial charge in [-0.25, -0.2) is 4.98 Å². The van der Waals surface area contributed by atoms with Crippen LogP contribution in [0.1, 0.15) is 35.4 Å². The topological polar surface area (TPSA) is 65.4 Å². The number of carbonyl (C=O) groups excluding carboxylic acids is 1. The number of aromatic nitrogens is 2. The summed E-state index contributed by atoms with van der Waals surface area (Å²) >= 11 is 6.11. The van der Waals surface area contributed by atoms with E-state index in [1.165, 1.54) is 0 Å². The van der Waals surface area contributed by atoms with Crippen molar-refractivity contribution < 1.29 is 14.3 Å². The van der Waals surface area contributed by atoms with Gasteiger partial charge in [-0.2, -0.15) is 0 Å². The molecular weight excluding hydrogens is 486 g/mol. The Balaban J connectivity index is 1.26. The van der Waals surface area contributed by atoms with Gasteiger partial charge in [0, 0.05) is 24.5 Å². The monoisotopic (exact) mass is 519 g/mol. The lowest BCUT2D eigenvalue weighted by atomic mass is 10.1. The van der Waals surface area contributed by atoms with Crippen LogP contribution in [0.25, 0.3) is 11.0 Å². The zero-order valence-corrected chi connectivity index (χ0v) is 22.5. The van der Waals surface area contributed by atoms with Crippen LogP contribution in [0, 0.1) is 20.8 Å². The van der Waals surface area contributed by atoms with E-state index in [1.807, 2.05) is 75.4 Å². The highest BCUT2D eigenvalue weighted by Crippen LogP contribution is 2.22. The lowest BCUT2D eigenvalue weighted by molar-refractivity contribution is -0.123. The van der Waals surface area contributed by atoms with E-state index in [-0.39, 0.29) is 12.5 Å². The van der Waals surface area contributed by atoms with Gasteiger partial charge in [0.15, 0.2) is 6.61 Å². The number of fused-ring (bicyclic) bond motifs is 1. The molecule has 0 bridgehead atoms. The fourth-order valence-corrected chi connectivity index (χ4v) is 4.33. The second-order valence-electron chi connectivity index (χ2n) is 9.29. The normalized spacial score (nSPS) is 11.0. The Hall–Kier alpha value is -3.51. The zero-order valence-electron chi connectivity index (χ0n) is 21.7. The van der Waals surface area contributed by atoms with Crippen molar-refractivity contribution in [2.24, 2.45) is 0 Å². The molecule has 4 aromatic rings. The fraction of sp³-hybridized carbons (Fsp3) is 0.333. The smallest absolute Gasteiger partial charge is 0.257 e. The van der Waals surface area contributed by atoms with Crippen molar-refractivity contribution in [3.05, 3.63) is 88.2 Å². The van der Waals surface area contributed by atoms with E-state index in [2.05, 4.69) is 16.0 Å².